The van der Waals surface area contributed by atoms with Crippen LogP contribution in [0, 0.1) is 0 Å². The second-order valence-corrected chi connectivity index (χ2v) is 14.0. The summed E-state index contributed by atoms with van der Waals surface area (Å²) in [5.74, 6) is 1.87. The molecule has 1 heterocycles. The lowest BCUT2D eigenvalue weighted by Crippen LogP contribution is -2.00. The largest absolute Gasteiger partial charge is 0.208 e. The Hall–Kier alpha value is -7.49. The Morgan fingerprint density at radius 2 is 0.571 bits per heavy atom. The van der Waals surface area contributed by atoms with Gasteiger partial charge in [-0.1, -0.05) is 194 Å². The van der Waals surface area contributed by atoms with E-state index in [1.54, 1.807) is 0 Å². The third-order valence-electron chi connectivity index (χ3n) is 10.5. The first-order valence-electron chi connectivity index (χ1n) is 18.9. The van der Waals surface area contributed by atoms with Crippen LogP contribution in [0.3, 0.4) is 0 Å². The monoisotopic (exact) mass is 713 g/mol. The molecule has 10 aromatic rings. The molecular formula is C53H35N3. The van der Waals surface area contributed by atoms with Crippen molar-refractivity contribution in [3.05, 3.63) is 212 Å². The van der Waals surface area contributed by atoms with Crippen LogP contribution in [0.1, 0.15) is 0 Å². The molecule has 0 spiro atoms. The van der Waals surface area contributed by atoms with Crippen LogP contribution in [0.25, 0.3) is 100 Å². The number of hydrogen-bond donors (Lipinski definition) is 0. The maximum Gasteiger partial charge on any atom is 0.164 e. The molecule has 0 atom stereocenters. The Bertz CT molecular complexity index is 3020. The predicted octanol–water partition coefficient (Wildman–Crippen LogP) is 13.8. The van der Waals surface area contributed by atoms with E-state index in [0.29, 0.717) is 17.5 Å². The minimum absolute atomic E-state index is 0.623. The SMILES string of the molecule is c1ccc(-c2cccc(-c3nc(-c4cccc(-c5cccc6ccccc56)c4)nc(-c4cccc(-c5ccc(-c6ccccc6)c6ccccc56)c4)n3)c2)cc1. The Morgan fingerprint density at radius 3 is 1.14 bits per heavy atom. The van der Waals surface area contributed by atoms with E-state index >= 15 is 0 Å². The fourth-order valence-electron chi connectivity index (χ4n) is 7.78. The van der Waals surface area contributed by atoms with Crippen molar-refractivity contribution in [3.8, 4) is 78.7 Å². The highest BCUT2D eigenvalue weighted by Crippen LogP contribution is 2.38. The maximum atomic E-state index is 5.21. The van der Waals surface area contributed by atoms with Gasteiger partial charge in [-0.2, -0.15) is 0 Å². The number of hydrogen-bond acceptors (Lipinski definition) is 3. The molecule has 1 aromatic heterocycles. The van der Waals surface area contributed by atoms with E-state index < -0.39 is 0 Å². The average Bonchev–Trinajstić information content (AvgIpc) is 3.29. The molecule has 0 amide bonds. The first kappa shape index (κ1) is 33.1. The molecule has 0 saturated heterocycles. The van der Waals surface area contributed by atoms with E-state index in [2.05, 4.69) is 206 Å². The minimum Gasteiger partial charge on any atom is -0.208 e. The molecule has 9 aromatic carbocycles. The van der Waals surface area contributed by atoms with Crippen LogP contribution < -0.4 is 0 Å². The van der Waals surface area contributed by atoms with Crippen molar-refractivity contribution >= 4 is 21.5 Å². The zero-order chi connectivity index (χ0) is 37.3. The molecule has 56 heavy (non-hydrogen) atoms. The lowest BCUT2D eigenvalue weighted by molar-refractivity contribution is 1.07. The summed E-state index contributed by atoms with van der Waals surface area (Å²) >= 11 is 0. The van der Waals surface area contributed by atoms with E-state index in [4.69, 9.17) is 15.0 Å². The zero-order valence-corrected chi connectivity index (χ0v) is 30.5. The van der Waals surface area contributed by atoms with Crippen LogP contribution in [-0.2, 0) is 0 Å². The Balaban J connectivity index is 1.12. The molecule has 10 rings (SSSR count). The van der Waals surface area contributed by atoms with Gasteiger partial charge in [0.15, 0.2) is 17.5 Å². The summed E-state index contributed by atoms with van der Waals surface area (Å²) < 4.78 is 0. The van der Waals surface area contributed by atoms with Crippen molar-refractivity contribution in [1.29, 1.82) is 0 Å². The van der Waals surface area contributed by atoms with Crippen LogP contribution in [0.5, 0.6) is 0 Å². The first-order chi connectivity index (χ1) is 27.7. The highest BCUT2D eigenvalue weighted by Gasteiger charge is 2.16. The number of aromatic nitrogens is 3. The average molecular weight is 714 g/mol. The minimum atomic E-state index is 0.623. The summed E-state index contributed by atoms with van der Waals surface area (Å²) in [7, 11) is 0. The molecule has 0 saturated carbocycles. The van der Waals surface area contributed by atoms with Gasteiger partial charge in [0.2, 0.25) is 0 Å². The normalized spacial score (nSPS) is 11.2. The molecular weight excluding hydrogens is 679 g/mol. The Morgan fingerprint density at radius 1 is 0.214 bits per heavy atom. The molecule has 0 bridgehead atoms. The van der Waals surface area contributed by atoms with E-state index in [1.165, 1.54) is 38.2 Å². The molecule has 262 valence electrons. The van der Waals surface area contributed by atoms with Crippen molar-refractivity contribution in [1.82, 2.24) is 15.0 Å². The topological polar surface area (TPSA) is 38.7 Å². The molecule has 0 aliphatic carbocycles. The van der Waals surface area contributed by atoms with Crippen LogP contribution in [0.15, 0.2) is 212 Å². The Labute approximate surface area is 326 Å². The zero-order valence-electron chi connectivity index (χ0n) is 30.5. The third-order valence-corrected chi connectivity index (χ3v) is 10.5. The fraction of sp³-hybridized carbons (Fsp3) is 0. The van der Waals surface area contributed by atoms with Crippen molar-refractivity contribution in [2.24, 2.45) is 0 Å². The molecule has 0 aliphatic rings. The molecule has 0 radical (unpaired) electrons. The van der Waals surface area contributed by atoms with Gasteiger partial charge >= 0.3 is 0 Å². The van der Waals surface area contributed by atoms with Gasteiger partial charge < -0.3 is 0 Å². The van der Waals surface area contributed by atoms with Gasteiger partial charge in [0, 0.05) is 16.7 Å². The van der Waals surface area contributed by atoms with Crippen molar-refractivity contribution in [3.63, 3.8) is 0 Å². The van der Waals surface area contributed by atoms with Gasteiger partial charge in [0.25, 0.3) is 0 Å². The first-order valence-corrected chi connectivity index (χ1v) is 18.9. The number of nitrogens with zero attached hydrogens (tertiary/aromatic N) is 3. The number of rotatable bonds is 7. The van der Waals surface area contributed by atoms with Gasteiger partial charge in [0.05, 0.1) is 0 Å². The summed E-state index contributed by atoms with van der Waals surface area (Å²) in [4.78, 5) is 15.6. The highest BCUT2D eigenvalue weighted by molar-refractivity contribution is 6.05. The summed E-state index contributed by atoms with van der Waals surface area (Å²) in [6.45, 7) is 0. The standard InChI is InChI=1S/C53H35N3/c1-3-15-36(16-4-1)39-21-11-24-42(33-39)51-54-52(43-25-12-22-40(34-43)46-30-14-20-38-19-7-8-27-45(38)46)56-53(55-51)44-26-13-23-41(35-44)48-32-31-47(37-17-5-2-6-18-37)49-28-9-10-29-50(48)49/h1-35H. The van der Waals surface area contributed by atoms with E-state index in [1.807, 2.05) is 6.07 Å². The predicted molar refractivity (Wildman–Crippen MR) is 233 cm³/mol. The third kappa shape index (κ3) is 6.31. The van der Waals surface area contributed by atoms with Crippen LogP contribution >= 0.6 is 0 Å². The second kappa shape index (κ2) is 14.4. The molecule has 0 fully saturated rings. The van der Waals surface area contributed by atoms with Crippen molar-refractivity contribution in [2.45, 2.75) is 0 Å². The van der Waals surface area contributed by atoms with Gasteiger partial charge in [-0.25, -0.2) is 15.0 Å². The fourth-order valence-corrected chi connectivity index (χ4v) is 7.78. The molecule has 3 nitrogen and oxygen atoms in total. The van der Waals surface area contributed by atoms with Crippen LogP contribution in [-0.4, -0.2) is 15.0 Å². The summed E-state index contributed by atoms with van der Waals surface area (Å²) in [6, 6.07) is 74.7. The maximum absolute atomic E-state index is 5.21. The van der Waals surface area contributed by atoms with Gasteiger partial charge in [-0.15, -0.1) is 0 Å². The van der Waals surface area contributed by atoms with E-state index in [-0.39, 0.29) is 0 Å². The van der Waals surface area contributed by atoms with E-state index in [0.717, 1.165) is 44.5 Å². The van der Waals surface area contributed by atoms with Gasteiger partial charge in [0.1, 0.15) is 0 Å². The van der Waals surface area contributed by atoms with Crippen LogP contribution in [0.2, 0.25) is 0 Å². The molecule has 0 unspecified atom stereocenters. The van der Waals surface area contributed by atoms with Gasteiger partial charge in [-0.05, 0) is 84.3 Å². The summed E-state index contributed by atoms with van der Waals surface area (Å²) in [5, 5.41) is 4.84. The summed E-state index contributed by atoms with van der Waals surface area (Å²) in [6.07, 6.45) is 0. The lowest BCUT2D eigenvalue weighted by atomic mass is 9.91. The van der Waals surface area contributed by atoms with Crippen LogP contribution in [0.4, 0.5) is 0 Å². The number of fused-ring (bicyclic) bond motifs is 2. The lowest BCUT2D eigenvalue weighted by Gasteiger charge is -2.14. The van der Waals surface area contributed by atoms with Crippen molar-refractivity contribution < 1.29 is 0 Å². The van der Waals surface area contributed by atoms with Gasteiger partial charge in [-0.3, -0.25) is 0 Å². The second-order valence-electron chi connectivity index (χ2n) is 14.0. The smallest absolute Gasteiger partial charge is 0.164 e. The highest BCUT2D eigenvalue weighted by atomic mass is 15.0. The molecule has 0 N–H and O–H groups in total. The molecule has 3 heteroatoms. The summed E-state index contributed by atoms with van der Waals surface area (Å²) in [5.41, 5.74) is 12.0. The molecule has 0 aliphatic heterocycles. The van der Waals surface area contributed by atoms with E-state index in [9.17, 15) is 0 Å². The number of benzene rings is 9. The quantitative estimate of drug-likeness (QED) is 0.165. The van der Waals surface area contributed by atoms with Crippen molar-refractivity contribution in [2.75, 3.05) is 0 Å². The Kier molecular flexibility index (Phi) is 8.51.